The summed E-state index contributed by atoms with van der Waals surface area (Å²) in [6, 6.07) is -0.885. The molecule has 12 heteroatoms. The zero-order valence-electron chi connectivity index (χ0n) is 21.9. The zero-order chi connectivity index (χ0) is 26.6. The van der Waals surface area contributed by atoms with Gasteiger partial charge in [0.1, 0.15) is 17.1 Å². The maximum absolute atomic E-state index is 13.0. The lowest BCUT2D eigenvalue weighted by Gasteiger charge is -2.33. The van der Waals surface area contributed by atoms with Gasteiger partial charge in [-0.3, -0.25) is 28.9 Å². The summed E-state index contributed by atoms with van der Waals surface area (Å²) < 4.78 is 0. The van der Waals surface area contributed by atoms with E-state index in [2.05, 4.69) is 36.8 Å². The third-order valence-electron chi connectivity index (χ3n) is 5.63. The summed E-state index contributed by atoms with van der Waals surface area (Å²) in [6.07, 6.45) is 0.741. The van der Waals surface area contributed by atoms with Crippen LogP contribution in [0.15, 0.2) is 0 Å². The molecule has 5 amide bonds. The molecule has 0 aliphatic carbocycles. The van der Waals surface area contributed by atoms with Gasteiger partial charge in [0.05, 0.1) is 6.54 Å². The molecule has 0 aromatic heterocycles. The molecule has 1 aliphatic heterocycles. The standard InChI is InChI=1S/C23H43N7O5/c1-16(2)13-17(27-18(32)14-25-15-31)19(33)28-23(5,6)21(35)29-22(3,4)20(34)26-9-12-30-10-7-24-8-11-30/h15-17,24H,7-14H2,1-6H3,(H,25,31)(H,26,34)(H,27,32)(H,28,33)(H,29,35)/t17-/m0/s1. The first kappa shape index (κ1) is 30.3. The van der Waals surface area contributed by atoms with Crippen molar-refractivity contribution < 1.29 is 24.0 Å². The van der Waals surface area contributed by atoms with E-state index in [1.807, 2.05) is 13.8 Å². The second-order valence-electron chi connectivity index (χ2n) is 10.3. The predicted octanol–water partition coefficient (Wildman–Crippen LogP) is -1.93. The van der Waals surface area contributed by atoms with Crippen LogP contribution in [0.25, 0.3) is 0 Å². The fourth-order valence-corrected chi connectivity index (χ4v) is 3.51. The Morgan fingerprint density at radius 1 is 0.971 bits per heavy atom. The Labute approximate surface area is 208 Å². The Hall–Kier alpha value is -2.73. The Morgan fingerprint density at radius 2 is 1.57 bits per heavy atom. The van der Waals surface area contributed by atoms with E-state index >= 15 is 0 Å². The fourth-order valence-electron chi connectivity index (χ4n) is 3.51. The highest BCUT2D eigenvalue weighted by Crippen LogP contribution is 2.11. The van der Waals surface area contributed by atoms with Crippen LogP contribution in [0.1, 0.15) is 48.0 Å². The van der Waals surface area contributed by atoms with Crippen LogP contribution < -0.4 is 31.9 Å². The lowest BCUT2D eigenvalue weighted by molar-refractivity contribution is -0.138. The van der Waals surface area contributed by atoms with Gasteiger partial charge in [-0.05, 0) is 40.0 Å². The quantitative estimate of drug-likeness (QED) is 0.152. The van der Waals surface area contributed by atoms with E-state index in [0.29, 0.717) is 19.4 Å². The summed E-state index contributed by atoms with van der Waals surface area (Å²) in [5, 5.41) is 16.4. The van der Waals surface area contributed by atoms with Gasteiger partial charge in [0.2, 0.25) is 30.0 Å². The molecule has 1 heterocycles. The highest BCUT2D eigenvalue weighted by atomic mass is 16.2. The molecule has 0 aromatic carbocycles. The Balaban J connectivity index is 2.67. The number of nitrogens with one attached hydrogen (secondary N) is 6. The second-order valence-corrected chi connectivity index (χ2v) is 10.3. The van der Waals surface area contributed by atoms with E-state index in [9.17, 15) is 24.0 Å². The molecule has 1 aliphatic rings. The summed E-state index contributed by atoms with van der Waals surface area (Å²) in [6.45, 7) is 14.7. The lowest BCUT2D eigenvalue weighted by Crippen LogP contribution is -2.64. The van der Waals surface area contributed by atoms with Crippen molar-refractivity contribution in [1.82, 2.24) is 36.8 Å². The van der Waals surface area contributed by atoms with Crippen molar-refractivity contribution in [2.24, 2.45) is 5.92 Å². The van der Waals surface area contributed by atoms with E-state index in [4.69, 9.17) is 0 Å². The normalized spacial score (nSPS) is 15.6. The van der Waals surface area contributed by atoms with Crippen LogP contribution in [0.5, 0.6) is 0 Å². The Morgan fingerprint density at radius 3 is 2.14 bits per heavy atom. The van der Waals surface area contributed by atoms with Crippen LogP contribution in [0.3, 0.4) is 0 Å². The molecule has 0 spiro atoms. The van der Waals surface area contributed by atoms with Crippen LogP contribution in [-0.2, 0) is 24.0 Å². The van der Waals surface area contributed by atoms with Gasteiger partial charge in [-0.15, -0.1) is 0 Å². The topological polar surface area (TPSA) is 161 Å². The molecular weight excluding hydrogens is 454 g/mol. The molecule has 1 atom stereocenters. The summed E-state index contributed by atoms with van der Waals surface area (Å²) in [5.74, 6) is -1.82. The van der Waals surface area contributed by atoms with E-state index in [0.717, 1.165) is 32.7 Å². The first-order chi connectivity index (χ1) is 16.3. The third kappa shape index (κ3) is 11.0. The van der Waals surface area contributed by atoms with Gasteiger partial charge < -0.3 is 31.9 Å². The Bertz CT molecular complexity index is 749. The number of nitrogens with zero attached hydrogens (tertiary/aromatic N) is 1. The molecule has 35 heavy (non-hydrogen) atoms. The van der Waals surface area contributed by atoms with Crippen molar-refractivity contribution in [3.8, 4) is 0 Å². The first-order valence-corrected chi connectivity index (χ1v) is 12.1. The number of hydrogen-bond acceptors (Lipinski definition) is 7. The first-order valence-electron chi connectivity index (χ1n) is 12.1. The summed E-state index contributed by atoms with van der Waals surface area (Å²) in [4.78, 5) is 63.3. The minimum absolute atomic E-state index is 0.0887. The van der Waals surface area contributed by atoms with E-state index in [1.54, 1.807) is 13.8 Å². The molecule has 12 nitrogen and oxygen atoms in total. The van der Waals surface area contributed by atoms with E-state index in [1.165, 1.54) is 13.8 Å². The largest absolute Gasteiger partial charge is 0.353 e. The van der Waals surface area contributed by atoms with Gasteiger partial charge in [-0.1, -0.05) is 13.8 Å². The fraction of sp³-hybridized carbons (Fsp3) is 0.783. The maximum atomic E-state index is 13.0. The molecule has 0 unspecified atom stereocenters. The van der Waals surface area contributed by atoms with Crippen LogP contribution in [-0.4, -0.2) is 97.9 Å². The van der Waals surface area contributed by atoms with Gasteiger partial charge in [0, 0.05) is 39.3 Å². The van der Waals surface area contributed by atoms with E-state index < -0.39 is 34.8 Å². The molecule has 6 N–H and O–H groups in total. The molecule has 1 rings (SSSR count). The summed E-state index contributed by atoms with van der Waals surface area (Å²) in [7, 11) is 0. The summed E-state index contributed by atoms with van der Waals surface area (Å²) in [5.41, 5.74) is -2.55. The minimum atomic E-state index is -1.35. The van der Waals surface area contributed by atoms with Crippen molar-refractivity contribution in [1.29, 1.82) is 0 Å². The molecular formula is C23H43N7O5. The van der Waals surface area contributed by atoms with Gasteiger partial charge in [0.15, 0.2) is 0 Å². The highest BCUT2D eigenvalue weighted by Gasteiger charge is 2.38. The minimum Gasteiger partial charge on any atom is -0.353 e. The van der Waals surface area contributed by atoms with Gasteiger partial charge >= 0.3 is 0 Å². The van der Waals surface area contributed by atoms with Gasteiger partial charge in [-0.25, -0.2) is 0 Å². The molecule has 0 radical (unpaired) electrons. The monoisotopic (exact) mass is 497 g/mol. The average Bonchev–Trinajstić information content (AvgIpc) is 2.76. The van der Waals surface area contributed by atoms with Crippen LogP contribution in [0.2, 0.25) is 0 Å². The molecule has 0 saturated carbocycles. The third-order valence-corrected chi connectivity index (χ3v) is 5.63. The van der Waals surface area contributed by atoms with Gasteiger partial charge in [-0.2, -0.15) is 0 Å². The predicted molar refractivity (Wildman–Crippen MR) is 132 cm³/mol. The van der Waals surface area contributed by atoms with Crippen molar-refractivity contribution >= 4 is 30.0 Å². The second kappa shape index (κ2) is 14.0. The molecule has 1 fully saturated rings. The molecule has 0 bridgehead atoms. The Kier molecular flexibility index (Phi) is 12.1. The van der Waals surface area contributed by atoms with E-state index in [-0.39, 0.29) is 18.4 Å². The smallest absolute Gasteiger partial charge is 0.246 e. The van der Waals surface area contributed by atoms with Crippen molar-refractivity contribution in [3.63, 3.8) is 0 Å². The number of piperazine rings is 1. The SMILES string of the molecule is CC(C)C[C@H](NC(=O)CNC=O)C(=O)NC(C)(C)C(=O)NC(C)(C)C(=O)NCCN1CCNCC1. The van der Waals surface area contributed by atoms with Crippen LogP contribution in [0.4, 0.5) is 0 Å². The zero-order valence-corrected chi connectivity index (χ0v) is 21.9. The summed E-state index contributed by atoms with van der Waals surface area (Å²) >= 11 is 0. The number of carbonyl (C=O) groups excluding carboxylic acids is 5. The highest BCUT2D eigenvalue weighted by molar-refractivity contribution is 5.97. The van der Waals surface area contributed by atoms with Crippen molar-refractivity contribution in [2.45, 2.75) is 65.1 Å². The number of rotatable bonds is 14. The van der Waals surface area contributed by atoms with Crippen LogP contribution >= 0.6 is 0 Å². The number of amides is 5. The molecule has 1 saturated heterocycles. The maximum Gasteiger partial charge on any atom is 0.246 e. The van der Waals surface area contributed by atoms with Crippen LogP contribution in [0, 0.1) is 5.92 Å². The van der Waals surface area contributed by atoms with Crippen molar-refractivity contribution in [3.05, 3.63) is 0 Å². The lowest BCUT2D eigenvalue weighted by atomic mass is 9.97. The number of carbonyl (C=O) groups is 5. The molecule has 0 aromatic rings. The van der Waals surface area contributed by atoms with Crippen molar-refractivity contribution in [2.75, 3.05) is 45.8 Å². The average molecular weight is 498 g/mol. The molecule has 200 valence electrons. The van der Waals surface area contributed by atoms with Gasteiger partial charge in [0.25, 0.3) is 0 Å². The number of hydrogen-bond donors (Lipinski definition) is 6.